The van der Waals surface area contributed by atoms with Gasteiger partial charge in [-0.15, -0.1) is 0 Å². The average molecular weight is 951 g/mol. The summed E-state index contributed by atoms with van der Waals surface area (Å²) < 4.78 is 2.23. The van der Waals surface area contributed by atoms with E-state index in [9.17, 15) is 0 Å². The van der Waals surface area contributed by atoms with Crippen LogP contribution in [0, 0.1) is 18.0 Å². The second kappa shape index (κ2) is 14.5. The lowest BCUT2D eigenvalue weighted by Crippen LogP contribution is -2.10. The Balaban J connectivity index is 1.45. The molecule has 7 aromatic rings. The van der Waals surface area contributed by atoms with Gasteiger partial charge in [0.15, 0.2) is 0 Å². The zero-order chi connectivity index (χ0) is 38.5. The van der Waals surface area contributed by atoms with Crippen molar-refractivity contribution in [3.05, 3.63) is 162 Å². The van der Waals surface area contributed by atoms with Gasteiger partial charge in [-0.05, 0) is 140 Å². The van der Waals surface area contributed by atoms with Crippen LogP contribution in [0.5, 0.6) is 0 Å². The normalized spacial score (nSPS) is 11.9. The van der Waals surface area contributed by atoms with Gasteiger partial charge in [0.05, 0.1) is 22.8 Å². The Hall–Kier alpha value is -6.12. The number of halogens is 2. The third-order valence-corrected chi connectivity index (χ3v) is 11.3. The summed E-state index contributed by atoms with van der Waals surface area (Å²) in [5, 5.41) is 16.0. The smallest absolute Gasteiger partial charge is 0.122 e. The molecule has 0 fully saturated rings. The van der Waals surface area contributed by atoms with E-state index in [1.807, 2.05) is 48.5 Å². The maximum Gasteiger partial charge on any atom is 0.122 e. The average Bonchev–Trinajstić information content (AvgIpc) is 4.03. The number of nitrogen functional groups attached to an aromatic ring is 2. The summed E-state index contributed by atoms with van der Waals surface area (Å²) in [5.74, 6) is 0.0357. The molecule has 8 bridgehead atoms. The summed E-state index contributed by atoms with van der Waals surface area (Å²) in [6.45, 7) is 0. The van der Waals surface area contributed by atoms with Gasteiger partial charge in [0, 0.05) is 62.6 Å². The summed E-state index contributed by atoms with van der Waals surface area (Å²) in [6, 6.07) is 40.8. The summed E-state index contributed by atoms with van der Waals surface area (Å²) >= 11 is 4.71. The molecule has 270 valence electrons. The van der Waals surface area contributed by atoms with Crippen LogP contribution in [0.3, 0.4) is 0 Å². The molecule has 0 amide bonds. The van der Waals surface area contributed by atoms with Gasteiger partial charge in [-0.25, -0.2) is 9.97 Å². The van der Waals surface area contributed by atoms with Crippen molar-refractivity contribution >= 4 is 103 Å². The molecule has 2 aliphatic heterocycles. The molecule has 56 heavy (non-hydrogen) atoms. The molecule has 0 aliphatic carbocycles. The first-order valence-electron chi connectivity index (χ1n) is 17.8. The molecule has 8 nitrogen and oxygen atoms in total. The van der Waals surface area contributed by atoms with Crippen LogP contribution in [0.4, 0.5) is 0 Å². The van der Waals surface area contributed by atoms with Gasteiger partial charge in [0.1, 0.15) is 11.7 Å². The van der Waals surface area contributed by atoms with Crippen molar-refractivity contribution in [3.63, 3.8) is 0 Å². The number of fused-ring (bicyclic) bond motifs is 8. The molecule has 0 unspecified atom stereocenters. The third kappa shape index (κ3) is 6.64. The lowest BCUT2D eigenvalue weighted by molar-refractivity contribution is 1.31. The maximum atomic E-state index is 8.00. The molecular formula is C46H32I2N8. The Labute approximate surface area is 349 Å². The highest BCUT2D eigenvalue weighted by Gasteiger charge is 2.19. The fraction of sp³-hybridized carbons (Fsp3) is 0. The fourth-order valence-electron chi connectivity index (χ4n) is 7.34. The molecule has 0 atom stereocenters. The minimum Gasteiger partial charge on any atom is -0.384 e. The van der Waals surface area contributed by atoms with Crippen LogP contribution in [0.15, 0.2) is 121 Å². The highest BCUT2D eigenvalue weighted by atomic mass is 127. The Morgan fingerprint density at radius 3 is 1.05 bits per heavy atom. The second-order valence-corrected chi connectivity index (χ2v) is 16.0. The van der Waals surface area contributed by atoms with E-state index in [2.05, 4.69) is 152 Å². The van der Waals surface area contributed by atoms with E-state index >= 15 is 0 Å². The first-order chi connectivity index (χ1) is 27.2. The van der Waals surface area contributed by atoms with E-state index in [0.29, 0.717) is 11.1 Å². The molecule has 5 heterocycles. The largest absolute Gasteiger partial charge is 0.384 e. The number of rotatable bonds is 6. The Bertz CT molecular complexity index is 2780. The van der Waals surface area contributed by atoms with E-state index in [0.717, 1.165) is 96.5 Å². The van der Waals surface area contributed by atoms with Gasteiger partial charge in [0.25, 0.3) is 0 Å². The lowest BCUT2D eigenvalue weighted by Gasteiger charge is -2.08. The molecule has 8 N–H and O–H groups in total. The van der Waals surface area contributed by atoms with Crippen molar-refractivity contribution in [2.75, 3.05) is 0 Å². The molecule has 3 aromatic heterocycles. The van der Waals surface area contributed by atoms with Gasteiger partial charge in [0.2, 0.25) is 0 Å². The number of nitrogens with one attached hydrogen (secondary N) is 4. The number of aromatic nitrogens is 4. The highest BCUT2D eigenvalue weighted by Crippen LogP contribution is 2.39. The molecule has 9 rings (SSSR count). The quantitative estimate of drug-likeness (QED) is 0.0557. The number of hydrogen-bond acceptors (Lipinski definition) is 4. The van der Waals surface area contributed by atoms with Crippen molar-refractivity contribution in [3.8, 4) is 44.5 Å². The first kappa shape index (κ1) is 35.6. The van der Waals surface area contributed by atoms with E-state index in [4.69, 9.17) is 32.3 Å². The number of amidine groups is 2. The van der Waals surface area contributed by atoms with Crippen LogP contribution in [0.1, 0.15) is 33.9 Å². The third-order valence-electron chi connectivity index (χ3n) is 9.95. The number of nitrogens with two attached hydrogens (primary N) is 2. The van der Waals surface area contributed by atoms with Crippen LogP contribution in [0.25, 0.3) is 90.9 Å². The summed E-state index contributed by atoms with van der Waals surface area (Å²) in [7, 11) is 0. The molecule has 4 aromatic carbocycles. The minimum atomic E-state index is 0.0178. The number of aromatic amines is 2. The highest BCUT2D eigenvalue weighted by molar-refractivity contribution is 14.1. The van der Waals surface area contributed by atoms with Gasteiger partial charge in [-0.2, -0.15) is 0 Å². The van der Waals surface area contributed by atoms with Crippen molar-refractivity contribution in [1.82, 2.24) is 19.9 Å². The zero-order valence-corrected chi connectivity index (χ0v) is 34.0. The number of benzene rings is 4. The van der Waals surface area contributed by atoms with E-state index in [-0.39, 0.29) is 11.7 Å². The molecule has 0 spiro atoms. The molecule has 0 saturated heterocycles. The maximum absolute atomic E-state index is 8.00. The summed E-state index contributed by atoms with van der Waals surface area (Å²) in [6.07, 6.45) is 8.30. The molecule has 0 radical (unpaired) electrons. The summed E-state index contributed by atoms with van der Waals surface area (Å²) in [5.41, 5.74) is 27.5. The van der Waals surface area contributed by atoms with Crippen LogP contribution in [0.2, 0.25) is 0 Å². The first-order valence-corrected chi connectivity index (χ1v) is 19.9. The predicted octanol–water partition coefficient (Wildman–Crippen LogP) is 11.1. The van der Waals surface area contributed by atoms with Gasteiger partial charge in [-0.3, -0.25) is 10.8 Å². The second-order valence-electron chi connectivity index (χ2n) is 13.5. The molecular weight excluding hydrogens is 918 g/mol. The van der Waals surface area contributed by atoms with Crippen LogP contribution < -0.4 is 11.5 Å². The minimum absolute atomic E-state index is 0.0178. The van der Waals surface area contributed by atoms with E-state index < -0.39 is 0 Å². The van der Waals surface area contributed by atoms with Crippen molar-refractivity contribution in [2.45, 2.75) is 0 Å². The Kier molecular flexibility index (Phi) is 9.22. The number of hydrogen-bond donors (Lipinski definition) is 6. The van der Waals surface area contributed by atoms with Crippen LogP contribution in [-0.2, 0) is 0 Å². The Morgan fingerprint density at radius 1 is 0.429 bits per heavy atom. The van der Waals surface area contributed by atoms with E-state index in [1.165, 1.54) is 0 Å². The predicted molar refractivity (Wildman–Crippen MR) is 248 cm³/mol. The van der Waals surface area contributed by atoms with Crippen molar-refractivity contribution < 1.29 is 0 Å². The standard InChI is InChI=1S/C46H32I2N8/c47-31-5-1-3-29(23-31)43-37-19-15-33(53-37)41(25-7-11-27(12-8-25)45(49)50)35-17-21-39(55-35)44(30-4-2-6-32(48)24-30)40-22-18-36(56-40)42(34-16-20-38(43)54-34)26-9-13-28(14-10-26)46(51)52/h1-24,53,56H,(H3,49,50)(H3,51,52). The molecule has 10 heteroatoms. The van der Waals surface area contributed by atoms with Gasteiger partial charge in [-0.1, -0.05) is 72.8 Å². The number of nitrogens with zero attached hydrogens (tertiary/aromatic N) is 2. The van der Waals surface area contributed by atoms with Crippen LogP contribution in [-0.4, -0.2) is 31.6 Å². The summed E-state index contributed by atoms with van der Waals surface area (Å²) in [4.78, 5) is 18.3. The topological polar surface area (TPSA) is 157 Å². The van der Waals surface area contributed by atoms with E-state index in [1.54, 1.807) is 0 Å². The van der Waals surface area contributed by atoms with Crippen molar-refractivity contribution in [1.29, 1.82) is 10.8 Å². The lowest BCUT2D eigenvalue weighted by atomic mass is 10.0. The zero-order valence-electron chi connectivity index (χ0n) is 29.7. The monoisotopic (exact) mass is 950 g/mol. The van der Waals surface area contributed by atoms with Crippen molar-refractivity contribution in [2.24, 2.45) is 11.5 Å². The SMILES string of the molecule is N=C(N)c1ccc(-c2c3nc(c(-c4cccc(I)c4)c4ccc([nH]4)c(-c4ccc(C(=N)N)cc4)c4nc(c(-c5cccc(I)c5)c5ccc2[nH]5)C=C4)C=C3)cc1. The van der Waals surface area contributed by atoms with Gasteiger partial charge >= 0.3 is 0 Å². The molecule has 0 saturated carbocycles. The number of H-pyrrole nitrogens is 2. The Morgan fingerprint density at radius 2 is 0.750 bits per heavy atom. The fourth-order valence-corrected chi connectivity index (χ4v) is 8.43. The van der Waals surface area contributed by atoms with Gasteiger partial charge < -0.3 is 21.4 Å². The van der Waals surface area contributed by atoms with Crippen LogP contribution >= 0.6 is 45.2 Å². The molecule has 2 aliphatic rings.